The molecule has 2 unspecified atom stereocenters. The molecule has 0 aliphatic carbocycles. The number of nitrogens with one attached hydrogen (secondary N) is 1. The Morgan fingerprint density at radius 2 is 2.56 bits per heavy atom. The third kappa shape index (κ3) is 3.10. The molecule has 0 aromatic carbocycles. The molecule has 16 heavy (non-hydrogen) atoms. The van der Waals surface area contributed by atoms with Gasteiger partial charge in [0, 0.05) is 31.0 Å². The third-order valence-corrected chi connectivity index (χ3v) is 2.78. The average Bonchev–Trinajstić information content (AvgIpc) is 2.24. The molecular formula is C9H17N5O2. The Labute approximate surface area is 94.0 Å². The minimum atomic E-state index is -0.720. The Balaban J connectivity index is 2.57. The van der Waals surface area contributed by atoms with Crippen molar-refractivity contribution >= 4 is 5.91 Å². The first-order valence-electron chi connectivity index (χ1n) is 5.28. The van der Waals surface area contributed by atoms with E-state index in [4.69, 9.17) is 16.0 Å². The first-order chi connectivity index (χ1) is 7.60. The third-order valence-electron chi connectivity index (χ3n) is 2.78. The van der Waals surface area contributed by atoms with Crippen molar-refractivity contribution in [3.05, 3.63) is 10.4 Å². The molecule has 1 amide bonds. The summed E-state index contributed by atoms with van der Waals surface area (Å²) in [4.78, 5) is 14.1. The summed E-state index contributed by atoms with van der Waals surface area (Å²) in [6.45, 7) is 3.17. The van der Waals surface area contributed by atoms with Crippen LogP contribution in [0.15, 0.2) is 5.11 Å². The number of hydrogen-bond acceptors (Lipinski definition) is 4. The second kappa shape index (κ2) is 5.69. The lowest BCUT2D eigenvalue weighted by molar-refractivity contribution is -0.130. The van der Waals surface area contributed by atoms with E-state index in [-0.39, 0.29) is 12.0 Å². The van der Waals surface area contributed by atoms with Gasteiger partial charge in [0.15, 0.2) is 0 Å². The van der Waals surface area contributed by atoms with E-state index >= 15 is 0 Å². The van der Waals surface area contributed by atoms with Crippen LogP contribution in [0.4, 0.5) is 0 Å². The number of carbonyl (C=O) groups excluding carboxylic acids is 1. The predicted octanol–water partition coefficient (Wildman–Crippen LogP) is 0.309. The molecule has 0 aromatic rings. The lowest BCUT2D eigenvalue weighted by Crippen LogP contribution is -2.60. The number of nitrogens with two attached hydrogens (primary N) is 1. The van der Waals surface area contributed by atoms with Crippen molar-refractivity contribution in [2.45, 2.75) is 31.4 Å². The fraction of sp³-hybridized carbons (Fsp3) is 0.889. The van der Waals surface area contributed by atoms with Gasteiger partial charge in [0.1, 0.15) is 5.54 Å². The van der Waals surface area contributed by atoms with Gasteiger partial charge in [-0.05, 0) is 18.9 Å². The van der Waals surface area contributed by atoms with Crippen molar-refractivity contribution in [3.63, 3.8) is 0 Å². The number of nitrogens with zero attached hydrogens (tertiary/aromatic N) is 3. The van der Waals surface area contributed by atoms with Crippen LogP contribution in [-0.4, -0.2) is 37.2 Å². The predicted molar refractivity (Wildman–Crippen MR) is 58.6 cm³/mol. The molecule has 7 heteroatoms. The first kappa shape index (κ1) is 12.8. The van der Waals surface area contributed by atoms with Crippen LogP contribution in [0, 0.1) is 0 Å². The molecule has 1 fully saturated rings. The molecule has 1 rings (SSSR count). The van der Waals surface area contributed by atoms with E-state index in [1.165, 1.54) is 0 Å². The number of primary amides is 1. The summed E-state index contributed by atoms with van der Waals surface area (Å²) in [6.07, 6.45) is 1.12. The van der Waals surface area contributed by atoms with Gasteiger partial charge in [-0.1, -0.05) is 5.11 Å². The lowest BCUT2D eigenvalue weighted by atomic mass is 9.86. The van der Waals surface area contributed by atoms with Gasteiger partial charge >= 0.3 is 0 Å². The van der Waals surface area contributed by atoms with E-state index in [0.717, 1.165) is 0 Å². The average molecular weight is 227 g/mol. The highest BCUT2D eigenvalue weighted by atomic mass is 16.5. The molecule has 1 saturated heterocycles. The summed E-state index contributed by atoms with van der Waals surface area (Å²) in [5, 5.41) is 6.48. The first-order valence-corrected chi connectivity index (χ1v) is 5.28. The largest absolute Gasteiger partial charge is 0.378 e. The minimum absolute atomic E-state index is 0.00761. The molecule has 0 bridgehead atoms. The highest BCUT2D eigenvalue weighted by molar-refractivity contribution is 5.84. The molecule has 1 aliphatic heterocycles. The summed E-state index contributed by atoms with van der Waals surface area (Å²) in [7, 11) is 0. The van der Waals surface area contributed by atoms with Crippen molar-refractivity contribution in [3.8, 4) is 0 Å². The minimum Gasteiger partial charge on any atom is -0.378 e. The standard InChI is InChI=1S/C9H17N5O2/c1-7-6-9(8(10)15,2-5-16-7)12-3-4-13-14-11/h7,12H,2-6H2,1H3,(H2,10,15). The van der Waals surface area contributed by atoms with E-state index < -0.39 is 5.54 Å². The van der Waals surface area contributed by atoms with Crippen LogP contribution in [-0.2, 0) is 9.53 Å². The molecule has 1 heterocycles. The van der Waals surface area contributed by atoms with Crippen LogP contribution in [0.1, 0.15) is 19.8 Å². The fourth-order valence-corrected chi connectivity index (χ4v) is 1.95. The lowest BCUT2D eigenvalue weighted by Gasteiger charge is -2.38. The molecule has 7 nitrogen and oxygen atoms in total. The Morgan fingerprint density at radius 1 is 1.81 bits per heavy atom. The maximum Gasteiger partial charge on any atom is 0.237 e. The highest BCUT2D eigenvalue weighted by Crippen LogP contribution is 2.24. The molecular weight excluding hydrogens is 210 g/mol. The van der Waals surface area contributed by atoms with Gasteiger partial charge < -0.3 is 15.8 Å². The molecule has 0 saturated carbocycles. The molecule has 0 radical (unpaired) electrons. The van der Waals surface area contributed by atoms with Gasteiger partial charge in [-0.25, -0.2) is 0 Å². The second-order valence-electron chi connectivity index (χ2n) is 3.96. The quantitative estimate of drug-likeness (QED) is 0.305. The Bertz CT molecular complexity index is 302. The highest BCUT2D eigenvalue weighted by Gasteiger charge is 2.40. The summed E-state index contributed by atoms with van der Waals surface area (Å²) < 4.78 is 5.38. The topological polar surface area (TPSA) is 113 Å². The van der Waals surface area contributed by atoms with E-state index in [1.807, 2.05) is 6.92 Å². The zero-order valence-electron chi connectivity index (χ0n) is 9.35. The van der Waals surface area contributed by atoms with E-state index in [0.29, 0.717) is 32.5 Å². The van der Waals surface area contributed by atoms with Gasteiger partial charge in [-0.3, -0.25) is 4.79 Å². The zero-order valence-corrected chi connectivity index (χ0v) is 9.35. The molecule has 3 N–H and O–H groups in total. The van der Waals surface area contributed by atoms with Gasteiger partial charge in [0.2, 0.25) is 5.91 Å². The fourth-order valence-electron chi connectivity index (χ4n) is 1.95. The SMILES string of the molecule is CC1CC(NCCN=[N+]=[N-])(C(N)=O)CCO1. The molecule has 0 aromatic heterocycles. The van der Waals surface area contributed by atoms with E-state index in [2.05, 4.69) is 15.3 Å². The van der Waals surface area contributed by atoms with Crippen molar-refractivity contribution < 1.29 is 9.53 Å². The maximum atomic E-state index is 11.5. The maximum absolute atomic E-state index is 11.5. The number of rotatable bonds is 5. The molecule has 2 atom stereocenters. The van der Waals surface area contributed by atoms with Crippen LogP contribution < -0.4 is 11.1 Å². The van der Waals surface area contributed by atoms with Gasteiger partial charge in [-0.2, -0.15) is 0 Å². The monoisotopic (exact) mass is 227 g/mol. The normalized spacial score (nSPS) is 29.4. The van der Waals surface area contributed by atoms with Crippen LogP contribution in [0.3, 0.4) is 0 Å². The van der Waals surface area contributed by atoms with Crippen LogP contribution in [0.5, 0.6) is 0 Å². The summed E-state index contributed by atoms with van der Waals surface area (Å²) in [5.74, 6) is -0.372. The summed E-state index contributed by atoms with van der Waals surface area (Å²) >= 11 is 0. The van der Waals surface area contributed by atoms with Crippen molar-refractivity contribution in [2.24, 2.45) is 10.8 Å². The smallest absolute Gasteiger partial charge is 0.237 e. The zero-order chi connectivity index (χ0) is 12.0. The Hall–Kier alpha value is -1.30. The molecule has 0 spiro atoms. The van der Waals surface area contributed by atoms with Crippen LogP contribution in [0.25, 0.3) is 10.4 Å². The number of azide groups is 1. The van der Waals surface area contributed by atoms with E-state index in [9.17, 15) is 4.79 Å². The number of amides is 1. The number of ether oxygens (including phenoxy) is 1. The number of hydrogen-bond donors (Lipinski definition) is 2. The number of carbonyl (C=O) groups is 1. The van der Waals surface area contributed by atoms with Crippen molar-refractivity contribution in [1.82, 2.24) is 5.32 Å². The summed E-state index contributed by atoms with van der Waals surface area (Å²) in [5.41, 5.74) is 12.8. The van der Waals surface area contributed by atoms with Gasteiger partial charge in [0.05, 0.1) is 6.10 Å². The van der Waals surface area contributed by atoms with Crippen LogP contribution >= 0.6 is 0 Å². The molecule has 1 aliphatic rings. The van der Waals surface area contributed by atoms with Crippen molar-refractivity contribution in [2.75, 3.05) is 19.7 Å². The van der Waals surface area contributed by atoms with Gasteiger partial charge in [0.25, 0.3) is 0 Å². The van der Waals surface area contributed by atoms with Crippen molar-refractivity contribution in [1.29, 1.82) is 0 Å². The van der Waals surface area contributed by atoms with Crippen LogP contribution in [0.2, 0.25) is 0 Å². The second-order valence-corrected chi connectivity index (χ2v) is 3.96. The Morgan fingerprint density at radius 3 is 3.12 bits per heavy atom. The summed E-state index contributed by atoms with van der Waals surface area (Å²) in [6, 6.07) is 0. The van der Waals surface area contributed by atoms with E-state index in [1.54, 1.807) is 0 Å². The molecule has 90 valence electrons. The van der Waals surface area contributed by atoms with Gasteiger partial charge in [-0.15, -0.1) is 0 Å². The Kier molecular flexibility index (Phi) is 4.54.